The van der Waals surface area contributed by atoms with Crippen LogP contribution in [0.25, 0.3) is 0 Å². The molecule has 0 aromatic heterocycles. The van der Waals surface area contributed by atoms with E-state index in [9.17, 15) is 0 Å². The van der Waals surface area contributed by atoms with Crippen molar-refractivity contribution in [2.24, 2.45) is 0 Å². The van der Waals surface area contributed by atoms with Crippen LogP contribution in [0.15, 0.2) is 18.2 Å². The lowest BCUT2D eigenvalue weighted by molar-refractivity contribution is 0.243. The van der Waals surface area contributed by atoms with Gasteiger partial charge in [-0.1, -0.05) is 23.2 Å². The van der Waals surface area contributed by atoms with E-state index in [-0.39, 0.29) is 18.7 Å². The quantitative estimate of drug-likeness (QED) is 0.858. The minimum absolute atomic E-state index is 0.0371. The standard InChI is InChI=1S/C11H15Cl2NO/c1-7(6-15)14-8(2)10-5-9(12)3-4-11(10)13/h3-5,7-8,14-15H,6H2,1-2H3/t7-,8?/m1/s1. The Morgan fingerprint density at radius 1 is 1.33 bits per heavy atom. The molecule has 0 bridgehead atoms. The van der Waals surface area contributed by atoms with Crippen LogP contribution >= 0.6 is 23.2 Å². The van der Waals surface area contributed by atoms with Crippen LogP contribution in [-0.4, -0.2) is 17.8 Å². The Balaban J connectivity index is 2.80. The van der Waals surface area contributed by atoms with Crippen LogP contribution < -0.4 is 5.32 Å². The van der Waals surface area contributed by atoms with Gasteiger partial charge in [0, 0.05) is 22.1 Å². The Bertz CT molecular complexity index is 330. The fourth-order valence-corrected chi connectivity index (χ4v) is 1.88. The molecule has 0 heterocycles. The third-order valence-corrected chi connectivity index (χ3v) is 2.81. The van der Waals surface area contributed by atoms with Crippen molar-refractivity contribution in [1.82, 2.24) is 5.32 Å². The van der Waals surface area contributed by atoms with Crippen LogP contribution in [0.2, 0.25) is 10.0 Å². The maximum absolute atomic E-state index is 8.93. The van der Waals surface area contributed by atoms with Gasteiger partial charge in [-0.05, 0) is 37.6 Å². The van der Waals surface area contributed by atoms with E-state index in [4.69, 9.17) is 28.3 Å². The van der Waals surface area contributed by atoms with Gasteiger partial charge in [-0.2, -0.15) is 0 Å². The molecule has 0 fully saturated rings. The summed E-state index contributed by atoms with van der Waals surface area (Å²) in [4.78, 5) is 0. The first-order valence-electron chi connectivity index (χ1n) is 4.86. The predicted molar refractivity (Wildman–Crippen MR) is 64.6 cm³/mol. The molecule has 4 heteroatoms. The van der Waals surface area contributed by atoms with Crippen LogP contribution in [0.1, 0.15) is 25.5 Å². The van der Waals surface area contributed by atoms with Gasteiger partial charge in [-0.25, -0.2) is 0 Å². The van der Waals surface area contributed by atoms with Crippen LogP contribution in [0, 0.1) is 0 Å². The van der Waals surface area contributed by atoms with Gasteiger partial charge >= 0.3 is 0 Å². The molecule has 1 rings (SSSR count). The molecule has 0 amide bonds. The zero-order valence-corrected chi connectivity index (χ0v) is 10.3. The van der Waals surface area contributed by atoms with Crippen LogP contribution in [0.5, 0.6) is 0 Å². The van der Waals surface area contributed by atoms with Crippen molar-refractivity contribution in [3.8, 4) is 0 Å². The molecule has 0 aliphatic heterocycles. The summed E-state index contributed by atoms with van der Waals surface area (Å²) < 4.78 is 0. The average Bonchev–Trinajstić information content (AvgIpc) is 2.21. The number of aliphatic hydroxyl groups excluding tert-OH is 1. The molecular weight excluding hydrogens is 233 g/mol. The Morgan fingerprint density at radius 3 is 2.60 bits per heavy atom. The SMILES string of the molecule is CC(N[C@H](C)CO)c1cc(Cl)ccc1Cl. The van der Waals surface area contributed by atoms with Gasteiger partial charge in [0.2, 0.25) is 0 Å². The molecule has 0 aliphatic rings. The summed E-state index contributed by atoms with van der Waals surface area (Å²) >= 11 is 12.0. The minimum atomic E-state index is 0.0371. The molecule has 15 heavy (non-hydrogen) atoms. The van der Waals surface area contributed by atoms with E-state index in [1.54, 1.807) is 12.1 Å². The van der Waals surface area contributed by atoms with E-state index in [2.05, 4.69) is 5.32 Å². The fraction of sp³-hybridized carbons (Fsp3) is 0.455. The highest BCUT2D eigenvalue weighted by Crippen LogP contribution is 2.26. The Labute approximate surface area is 100 Å². The number of hydrogen-bond donors (Lipinski definition) is 2. The number of nitrogens with one attached hydrogen (secondary N) is 1. The van der Waals surface area contributed by atoms with Crippen LogP contribution in [-0.2, 0) is 0 Å². The zero-order valence-electron chi connectivity index (χ0n) is 8.80. The second-order valence-electron chi connectivity index (χ2n) is 3.64. The molecule has 0 radical (unpaired) electrons. The van der Waals surface area contributed by atoms with Crippen molar-refractivity contribution in [2.75, 3.05) is 6.61 Å². The molecule has 0 spiro atoms. The molecule has 0 saturated carbocycles. The second-order valence-corrected chi connectivity index (χ2v) is 4.48. The Hall–Kier alpha value is -0.280. The molecule has 1 aromatic rings. The molecule has 0 aliphatic carbocycles. The largest absolute Gasteiger partial charge is 0.395 e. The minimum Gasteiger partial charge on any atom is -0.395 e. The molecule has 0 saturated heterocycles. The van der Waals surface area contributed by atoms with E-state index >= 15 is 0 Å². The highest BCUT2D eigenvalue weighted by molar-refractivity contribution is 6.33. The van der Waals surface area contributed by atoms with Crippen molar-refractivity contribution < 1.29 is 5.11 Å². The smallest absolute Gasteiger partial charge is 0.0582 e. The van der Waals surface area contributed by atoms with Gasteiger partial charge in [0.25, 0.3) is 0 Å². The van der Waals surface area contributed by atoms with E-state index in [0.29, 0.717) is 10.0 Å². The third kappa shape index (κ3) is 3.65. The van der Waals surface area contributed by atoms with Gasteiger partial charge in [0.1, 0.15) is 0 Å². The average molecular weight is 248 g/mol. The predicted octanol–water partition coefficient (Wildman–Crippen LogP) is 3.02. The summed E-state index contributed by atoms with van der Waals surface area (Å²) in [7, 11) is 0. The summed E-state index contributed by atoms with van der Waals surface area (Å²) in [6.07, 6.45) is 0. The van der Waals surface area contributed by atoms with Crippen molar-refractivity contribution in [2.45, 2.75) is 25.9 Å². The maximum atomic E-state index is 8.93. The topological polar surface area (TPSA) is 32.3 Å². The van der Waals surface area contributed by atoms with E-state index in [0.717, 1.165) is 5.56 Å². The lowest BCUT2D eigenvalue weighted by Crippen LogP contribution is -2.31. The highest BCUT2D eigenvalue weighted by atomic mass is 35.5. The molecular formula is C11H15Cl2NO. The fourth-order valence-electron chi connectivity index (χ4n) is 1.42. The van der Waals surface area contributed by atoms with Crippen molar-refractivity contribution in [3.05, 3.63) is 33.8 Å². The Kier molecular flexibility index (Phi) is 4.87. The maximum Gasteiger partial charge on any atom is 0.0582 e. The first kappa shape index (κ1) is 12.8. The van der Waals surface area contributed by atoms with Crippen LogP contribution in [0.3, 0.4) is 0 Å². The molecule has 2 nitrogen and oxygen atoms in total. The summed E-state index contributed by atoms with van der Waals surface area (Å²) in [5, 5.41) is 13.5. The summed E-state index contributed by atoms with van der Waals surface area (Å²) in [6, 6.07) is 5.48. The Morgan fingerprint density at radius 2 is 2.00 bits per heavy atom. The second kappa shape index (κ2) is 5.71. The van der Waals surface area contributed by atoms with Crippen molar-refractivity contribution >= 4 is 23.2 Å². The molecule has 2 atom stereocenters. The van der Waals surface area contributed by atoms with Gasteiger partial charge in [-0.15, -0.1) is 0 Å². The number of hydrogen-bond acceptors (Lipinski definition) is 2. The lowest BCUT2D eigenvalue weighted by atomic mass is 10.1. The highest BCUT2D eigenvalue weighted by Gasteiger charge is 2.12. The van der Waals surface area contributed by atoms with Crippen molar-refractivity contribution in [1.29, 1.82) is 0 Å². The van der Waals surface area contributed by atoms with Gasteiger partial charge < -0.3 is 10.4 Å². The number of benzene rings is 1. The molecule has 1 unspecified atom stereocenters. The molecule has 2 N–H and O–H groups in total. The van der Waals surface area contributed by atoms with E-state index in [1.165, 1.54) is 0 Å². The zero-order chi connectivity index (χ0) is 11.4. The van der Waals surface area contributed by atoms with E-state index < -0.39 is 0 Å². The van der Waals surface area contributed by atoms with Crippen LogP contribution in [0.4, 0.5) is 0 Å². The summed E-state index contributed by atoms with van der Waals surface area (Å²) in [5.41, 5.74) is 0.949. The lowest BCUT2D eigenvalue weighted by Gasteiger charge is -2.19. The first-order chi connectivity index (χ1) is 7.04. The third-order valence-electron chi connectivity index (χ3n) is 2.23. The summed E-state index contributed by atoms with van der Waals surface area (Å²) in [6.45, 7) is 4.00. The number of halogens is 2. The monoisotopic (exact) mass is 247 g/mol. The number of aliphatic hydroxyl groups is 1. The number of rotatable bonds is 4. The molecule has 84 valence electrons. The van der Waals surface area contributed by atoms with Gasteiger partial charge in [-0.3, -0.25) is 0 Å². The first-order valence-corrected chi connectivity index (χ1v) is 5.62. The normalized spacial score (nSPS) is 15.0. The van der Waals surface area contributed by atoms with E-state index in [1.807, 2.05) is 19.9 Å². The van der Waals surface area contributed by atoms with Crippen molar-refractivity contribution in [3.63, 3.8) is 0 Å². The van der Waals surface area contributed by atoms with Gasteiger partial charge in [0.15, 0.2) is 0 Å². The summed E-state index contributed by atoms with van der Waals surface area (Å²) in [5.74, 6) is 0. The molecule has 1 aromatic carbocycles. The van der Waals surface area contributed by atoms with Gasteiger partial charge in [0.05, 0.1) is 6.61 Å².